The van der Waals surface area contributed by atoms with E-state index in [0.717, 1.165) is 17.7 Å². The van der Waals surface area contributed by atoms with Crippen molar-refractivity contribution in [3.63, 3.8) is 0 Å². The summed E-state index contributed by atoms with van der Waals surface area (Å²) in [7, 11) is 0. The van der Waals surface area contributed by atoms with E-state index in [2.05, 4.69) is 30.7 Å². The Morgan fingerprint density at radius 2 is 1.74 bits per heavy atom. The van der Waals surface area contributed by atoms with Crippen LogP contribution in [0.3, 0.4) is 0 Å². The maximum Gasteiger partial charge on any atom is 0.416 e. The van der Waals surface area contributed by atoms with Crippen LogP contribution in [-0.4, -0.2) is 35.9 Å². The van der Waals surface area contributed by atoms with Gasteiger partial charge in [0.2, 0.25) is 0 Å². The summed E-state index contributed by atoms with van der Waals surface area (Å²) in [5.41, 5.74) is 6.81. The highest BCUT2D eigenvalue weighted by atomic mass is 35.5. The van der Waals surface area contributed by atoms with Crippen LogP contribution in [0.4, 0.5) is 35.2 Å². The summed E-state index contributed by atoms with van der Waals surface area (Å²) in [5.74, 6) is 0.745. The predicted molar refractivity (Wildman–Crippen MR) is 153 cm³/mol. The van der Waals surface area contributed by atoms with Gasteiger partial charge >= 0.3 is 18.2 Å². The number of amides is 2. The van der Waals surface area contributed by atoms with Crippen LogP contribution >= 0.6 is 11.6 Å². The first-order valence-electron chi connectivity index (χ1n) is 12.5. The van der Waals surface area contributed by atoms with Crippen molar-refractivity contribution in [2.45, 2.75) is 19.2 Å². The number of nitrogens with two attached hydrogens (primary N) is 1. The summed E-state index contributed by atoms with van der Waals surface area (Å²) in [6, 6.07) is 12.0. The van der Waals surface area contributed by atoms with Gasteiger partial charge in [0, 0.05) is 18.0 Å². The number of benzene rings is 2. The zero-order valence-electron chi connectivity index (χ0n) is 22.2. The zero-order valence-corrected chi connectivity index (χ0v) is 22.9. The molecule has 5 rings (SSSR count). The third-order valence-electron chi connectivity index (χ3n) is 6.00. The SMILES string of the molecule is CC(O)c1ccn(-c2ccc(C(F)(F)F)cc2NC(=O)Nc2cnc(Oc3ccc(-c4cc(Cl)cnc4N)cc3)nc2)n1. The van der Waals surface area contributed by atoms with E-state index in [1.165, 1.54) is 48.5 Å². The maximum atomic E-state index is 13.4. The van der Waals surface area contributed by atoms with Gasteiger partial charge in [-0.05, 0) is 55.0 Å². The first kappa shape index (κ1) is 29.3. The Morgan fingerprint density at radius 1 is 1.02 bits per heavy atom. The number of rotatable bonds is 7. The molecule has 3 aromatic heterocycles. The normalized spacial score (nSPS) is 12.0. The van der Waals surface area contributed by atoms with E-state index in [0.29, 0.717) is 27.8 Å². The van der Waals surface area contributed by atoms with Crippen LogP contribution in [0.5, 0.6) is 11.8 Å². The van der Waals surface area contributed by atoms with E-state index in [4.69, 9.17) is 22.1 Å². The molecule has 0 fully saturated rings. The number of halogens is 4. The van der Waals surface area contributed by atoms with Crippen molar-refractivity contribution in [1.82, 2.24) is 24.7 Å². The van der Waals surface area contributed by atoms with Crippen LogP contribution < -0.4 is 21.1 Å². The lowest BCUT2D eigenvalue weighted by molar-refractivity contribution is -0.137. The standard InChI is InChI=1S/C28H22ClF3N8O3/c1-15(41)22-8-9-40(39-22)24-7-4-17(28(30,31)32)10-23(24)38-26(42)37-19-13-35-27(36-14-19)43-20-5-2-16(3-6-20)21-11-18(29)12-34-25(21)33/h2-15,41H,1H3,(H2,33,34)(H2,37,38,42). The summed E-state index contributed by atoms with van der Waals surface area (Å²) in [6.45, 7) is 1.50. The van der Waals surface area contributed by atoms with Crippen molar-refractivity contribution in [1.29, 1.82) is 0 Å². The van der Waals surface area contributed by atoms with Gasteiger partial charge in [-0.1, -0.05) is 23.7 Å². The zero-order chi connectivity index (χ0) is 30.7. The molecule has 11 nitrogen and oxygen atoms in total. The molecule has 0 spiro atoms. The molecule has 1 atom stereocenters. The third-order valence-corrected chi connectivity index (χ3v) is 6.21. The van der Waals surface area contributed by atoms with Gasteiger partial charge in [0.05, 0.1) is 51.8 Å². The molecule has 43 heavy (non-hydrogen) atoms. The minimum absolute atomic E-state index is 0.0181. The molecular formula is C28H22ClF3N8O3. The number of nitrogens with one attached hydrogen (secondary N) is 2. The molecular weight excluding hydrogens is 589 g/mol. The number of alkyl halides is 3. The van der Waals surface area contributed by atoms with E-state index in [1.807, 2.05) is 0 Å². The first-order valence-corrected chi connectivity index (χ1v) is 12.9. The van der Waals surface area contributed by atoms with Crippen LogP contribution in [0.25, 0.3) is 16.8 Å². The van der Waals surface area contributed by atoms with Gasteiger partial charge in [0.25, 0.3) is 0 Å². The smallest absolute Gasteiger partial charge is 0.416 e. The van der Waals surface area contributed by atoms with Crippen LogP contribution in [0.2, 0.25) is 5.02 Å². The number of pyridine rings is 1. The van der Waals surface area contributed by atoms with Crippen molar-refractivity contribution < 1.29 is 27.8 Å². The number of ether oxygens (including phenoxy) is 1. The number of hydrogen-bond acceptors (Lipinski definition) is 8. The minimum Gasteiger partial charge on any atom is -0.424 e. The van der Waals surface area contributed by atoms with E-state index >= 15 is 0 Å². The van der Waals surface area contributed by atoms with Gasteiger partial charge in [-0.3, -0.25) is 0 Å². The molecule has 0 aliphatic rings. The van der Waals surface area contributed by atoms with Gasteiger partial charge in [-0.2, -0.15) is 18.3 Å². The number of aliphatic hydroxyl groups excluding tert-OH is 1. The Kier molecular flexibility index (Phi) is 8.14. The Morgan fingerprint density at radius 3 is 2.40 bits per heavy atom. The van der Waals surface area contributed by atoms with Gasteiger partial charge in [0.1, 0.15) is 11.6 Å². The first-order chi connectivity index (χ1) is 20.5. The van der Waals surface area contributed by atoms with Gasteiger partial charge in [-0.15, -0.1) is 0 Å². The fourth-order valence-corrected chi connectivity index (χ4v) is 4.07. The minimum atomic E-state index is -4.65. The summed E-state index contributed by atoms with van der Waals surface area (Å²) < 4.78 is 47.1. The van der Waals surface area contributed by atoms with Crippen molar-refractivity contribution in [2.24, 2.45) is 0 Å². The molecule has 2 aromatic carbocycles. The summed E-state index contributed by atoms with van der Waals surface area (Å²) in [4.78, 5) is 24.9. The highest BCUT2D eigenvalue weighted by Gasteiger charge is 2.31. The maximum absolute atomic E-state index is 13.4. The topological polar surface area (TPSA) is 153 Å². The molecule has 0 bridgehead atoms. The number of carbonyl (C=O) groups excluding carboxylic acids is 1. The number of nitrogens with zero attached hydrogens (tertiary/aromatic N) is 5. The van der Waals surface area contributed by atoms with Crippen LogP contribution in [0.1, 0.15) is 24.3 Å². The molecule has 0 saturated heterocycles. The Hall–Kier alpha value is -5.21. The highest BCUT2D eigenvalue weighted by Crippen LogP contribution is 2.34. The van der Waals surface area contributed by atoms with Crippen molar-refractivity contribution in [3.05, 3.63) is 95.7 Å². The number of nitrogen functional groups attached to an aromatic ring is 1. The van der Waals surface area contributed by atoms with E-state index < -0.39 is 23.9 Å². The molecule has 0 aliphatic carbocycles. The number of hydrogen-bond donors (Lipinski definition) is 4. The number of anilines is 3. The molecule has 15 heteroatoms. The van der Waals surface area contributed by atoms with Crippen molar-refractivity contribution in [3.8, 4) is 28.6 Å². The predicted octanol–water partition coefficient (Wildman–Crippen LogP) is 6.47. The Labute approximate surface area is 247 Å². The average molecular weight is 611 g/mol. The molecule has 1 unspecified atom stereocenters. The second kappa shape index (κ2) is 12.0. The summed E-state index contributed by atoms with van der Waals surface area (Å²) >= 11 is 6.01. The van der Waals surface area contributed by atoms with Crippen molar-refractivity contribution in [2.75, 3.05) is 16.4 Å². The molecule has 0 saturated carbocycles. The van der Waals surface area contributed by atoms with Gasteiger partial charge < -0.3 is 26.2 Å². The number of aliphatic hydroxyl groups is 1. The molecule has 5 N–H and O–H groups in total. The van der Waals surface area contributed by atoms with Crippen LogP contribution in [-0.2, 0) is 6.18 Å². The fraction of sp³-hybridized carbons (Fsp3) is 0.107. The largest absolute Gasteiger partial charge is 0.424 e. The number of aromatic nitrogens is 5. The fourth-order valence-electron chi connectivity index (χ4n) is 3.91. The van der Waals surface area contributed by atoms with E-state index in [9.17, 15) is 23.1 Å². The van der Waals surface area contributed by atoms with Gasteiger partial charge in [-0.25, -0.2) is 24.4 Å². The number of carbonyl (C=O) groups is 1. The van der Waals surface area contributed by atoms with Crippen molar-refractivity contribution >= 4 is 34.8 Å². The van der Waals surface area contributed by atoms with Crippen LogP contribution in [0, 0.1) is 0 Å². The van der Waals surface area contributed by atoms with Crippen LogP contribution in [0.15, 0.2) is 79.4 Å². The lowest BCUT2D eigenvalue weighted by Crippen LogP contribution is -2.21. The lowest BCUT2D eigenvalue weighted by atomic mass is 10.1. The molecule has 3 heterocycles. The Balaban J connectivity index is 1.27. The highest BCUT2D eigenvalue weighted by molar-refractivity contribution is 6.30. The Bertz CT molecular complexity index is 1760. The number of urea groups is 1. The summed E-state index contributed by atoms with van der Waals surface area (Å²) in [6.07, 6.45) is -0.0983. The third kappa shape index (κ3) is 6.99. The monoisotopic (exact) mass is 610 g/mol. The second-order valence-corrected chi connectivity index (χ2v) is 9.57. The lowest BCUT2D eigenvalue weighted by Gasteiger charge is -2.15. The molecule has 220 valence electrons. The summed E-state index contributed by atoms with van der Waals surface area (Å²) in [5, 5.41) is 19.2. The quantitative estimate of drug-likeness (QED) is 0.164. The van der Waals surface area contributed by atoms with E-state index in [-0.39, 0.29) is 23.1 Å². The molecule has 0 radical (unpaired) electrons. The average Bonchev–Trinajstić information content (AvgIpc) is 3.46. The molecule has 2 amide bonds. The van der Waals surface area contributed by atoms with E-state index in [1.54, 1.807) is 30.3 Å². The molecule has 0 aliphatic heterocycles. The van der Waals surface area contributed by atoms with Gasteiger partial charge in [0.15, 0.2) is 0 Å². The molecule has 5 aromatic rings. The second-order valence-electron chi connectivity index (χ2n) is 9.14.